The lowest BCUT2D eigenvalue weighted by Gasteiger charge is -2.27. The van der Waals surface area contributed by atoms with E-state index in [-0.39, 0.29) is 28.9 Å². The monoisotopic (exact) mass is 347 g/mol. The zero-order chi connectivity index (χ0) is 16.1. The first kappa shape index (κ1) is 15.9. The molecule has 1 saturated heterocycles. The van der Waals surface area contributed by atoms with Gasteiger partial charge in [-0.2, -0.15) is 4.31 Å². The van der Waals surface area contributed by atoms with E-state index in [9.17, 15) is 21.2 Å². The molecule has 1 saturated carbocycles. The Morgan fingerprint density at radius 1 is 1.18 bits per heavy atom. The van der Waals surface area contributed by atoms with Crippen molar-refractivity contribution < 1.29 is 21.2 Å². The Labute approximate surface area is 130 Å². The molecule has 0 aromatic heterocycles. The Balaban J connectivity index is 2.02. The normalized spacial score (nSPS) is 24.8. The van der Waals surface area contributed by atoms with Gasteiger partial charge in [0, 0.05) is 12.1 Å². The number of sulfonamides is 1. The summed E-state index contributed by atoms with van der Waals surface area (Å²) in [5.74, 6) is -0.972. The van der Waals surface area contributed by atoms with E-state index in [1.165, 1.54) is 16.4 Å². The number of hydrogen-bond acceptors (Lipinski definition) is 4. The summed E-state index contributed by atoms with van der Waals surface area (Å²) in [6, 6.07) is 3.17. The molecule has 122 valence electrons. The second-order valence-electron chi connectivity index (χ2n) is 6.06. The SMILES string of the molecule is Cc1ccc(F)c(S(=O)(=O)N(C2CC2)C2CCS(=O)(=O)C2)c1. The average Bonchev–Trinajstić information content (AvgIpc) is 3.16. The van der Waals surface area contributed by atoms with Crippen LogP contribution in [0.2, 0.25) is 0 Å². The van der Waals surface area contributed by atoms with Crippen molar-refractivity contribution in [1.82, 2.24) is 4.31 Å². The summed E-state index contributed by atoms with van der Waals surface area (Å²) in [6.45, 7) is 1.69. The van der Waals surface area contributed by atoms with E-state index in [4.69, 9.17) is 0 Å². The molecule has 0 N–H and O–H groups in total. The van der Waals surface area contributed by atoms with Gasteiger partial charge in [0.15, 0.2) is 9.84 Å². The van der Waals surface area contributed by atoms with Crippen LogP contribution in [0.15, 0.2) is 23.1 Å². The second-order valence-corrected chi connectivity index (χ2v) is 10.1. The van der Waals surface area contributed by atoms with Crippen LogP contribution in [0.5, 0.6) is 0 Å². The standard InChI is InChI=1S/C14H18FNO4S2/c1-10-2-5-13(15)14(8-10)22(19,20)16(11-3-4-11)12-6-7-21(17,18)9-12/h2,5,8,11-12H,3-4,6-7,9H2,1H3. The van der Waals surface area contributed by atoms with Crippen molar-refractivity contribution in [3.05, 3.63) is 29.6 Å². The lowest BCUT2D eigenvalue weighted by molar-refractivity contribution is 0.330. The van der Waals surface area contributed by atoms with Crippen molar-refractivity contribution in [3.63, 3.8) is 0 Å². The van der Waals surface area contributed by atoms with Crippen LogP contribution in [0.3, 0.4) is 0 Å². The minimum absolute atomic E-state index is 0.00724. The van der Waals surface area contributed by atoms with Gasteiger partial charge in [0.25, 0.3) is 0 Å². The van der Waals surface area contributed by atoms with Crippen molar-refractivity contribution in [2.75, 3.05) is 11.5 Å². The molecule has 22 heavy (non-hydrogen) atoms. The van der Waals surface area contributed by atoms with E-state index in [0.29, 0.717) is 18.4 Å². The molecule has 1 aromatic rings. The largest absolute Gasteiger partial charge is 0.246 e. The summed E-state index contributed by atoms with van der Waals surface area (Å²) in [7, 11) is -7.24. The third kappa shape index (κ3) is 2.91. The van der Waals surface area contributed by atoms with Crippen LogP contribution in [0.1, 0.15) is 24.8 Å². The van der Waals surface area contributed by atoms with Crippen molar-refractivity contribution in [1.29, 1.82) is 0 Å². The van der Waals surface area contributed by atoms with Gasteiger partial charge in [0.1, 0.15) is 10.7 Å². The molecule has 0 amide bonds. The maximum Gasteiger partial charge on any atom is 0.246 e. The second kappa shape index (κ2) is 5.28. The summed E-state index contributed by atoms with van der Waals surface area (Å²) in [5, 5.41) is 0. The molecule has 8 heteroatoms. The van der Waals surface area contributed by atoms with Crippen molar-refractivity contribution in [2.24, 2.45) is 0 Å². The zero-order valence-corrected chi connectivity index (χ0v) is 13.8. The van der Waals surface area contributed by atoms with Gasteiger partial charge in [0.05, 0.1) is 11.5 Å². The summed E-state index contributed by atoms with van der Waals surface area (Å²) < 4.78 is 64.4. The maximum atomic E-state index is 14.0. The number of rotatable bonds is 4. The number of hydrogen-bond donors (Lipinski definition) is 0. The zero-order valence-electron chi connectivity index (χ0n) is 12.2. The summed E-state index contributed by atoms with van der Waals surface area (Å²) >= 11 is 0. The fourth-order valence-corrected chi connectivity index (χ4v) is 6.78. The number of benzene rings is 1. The van der Waals surface area contributed by atoms with Crippen LogP contribution < -0.4 is 0 Å². The molecule has 1 unspecified atom stereocenters. The predicted molar refractivity (Wildman–Crippen MR) is 80.2 cm³/mol. The fourth-order valence-electron chi connectivity index (χ4n) is 2.92. The van der Waals surface area contributed by atoms with Crippen molar-refractivity contribution in [3.8, 4) is 0 Å². The van der Waals surface area contributed by atoms with Gasteiger partial charge >= 0.3 is 0 Å². The smallest absolute Gasteiger partial charge is 0.229 e. The van der Waals surface area contributed by atoms with Gasteiger partial charge < -0.3 is 0 Å². The highest BCUT2D eigenvalue weighted by molar-refractivity contribution is 7.92. The first-order valence-corrected chi connectivity index (χ1v) is 10.5. The van der Waals surface area contributed by atoms with Gasteiger partial charge in [-0.25, -0.2) is 21.2 Å². The van der Waals surface area contributed by atoms with E-state index >= 15 is 0 Å². The van der Waals surface area contributed by atoms with Crippen molar-refractivity contribution >= 4 is 19.9 Å². The van der Waals surface area contributed by atoms with Crippen LogP contribution >= 0.6 is 0 Å². The molecule has 0 spiro atoms. The lowest BCUT2D eigenvalue weighted by Crippen LogP contribution is -2.43. The topological polar surface area (TPSA) is 71.5 Å². The van der Waals surface area contributed by atoms with Gasteiger partial charge in [-0.3, -0.25) is 0 Å². The van der Waals surface area contributed by atoms with E-state index in [1.807, 2.05) is 0 Å². The molecule has 5 nitrogen and oxygen atoms in total. The number of nitrogens with zero attached hydrogens (tertiary/aromatic N) is 1. The van der Waals surface area contributed by atoms with E-state index < -0.39 is 31.7 Å². The highest BCUT2D eigenvalue weighted by atomic mass is 32.2. The quantitative estimate of drug-likeness (QED) is 0.827. The Kier molecular flexibility index (Phi) is 3.81. The molecule has 1 aromatic carbocycles. The summed E-state index contributed by atoms with van der Waals surface area (Å²) in [4.78, 5) is -0.358. The van der Waals surface area contributed by atoms with E-state index in [1.54, 1.807) is 6.92 Å². The summed E-state index contributed by atoms with van der Waals surface area (Å²) in [6.07, 6.45) is 1.68. The Bertz CT molecular complexity index is 800. The molecule has 1 heterocycles. The lowest BCUT2D eigenvalue weighted by atomic mass is 10.2. The predicted octanol–water partition coefficient (Wildman–Crippen LogP) is 1.47. The van der Waals surface area contributed by atoms with Crippen LogP contribution in [0.4, 0.5) is 4.39 Å². The molecule has 2 aliphatic rings. The molecule has 1 aliphatic heterocycles. The highest BCUT2D eigenvalue weighted by Gasteiger charge is 2.46. The van der Waals surface area contributed by atoms with Gasteiger partial charge in [-0.05, 0) is 43.9 Å². The molecular formula is C14H18FNO4S2. The minimum atomic E-state index is -4.03. The maximum absolute atomic E-state index is 14.0. The van der Waals surface area contributed by atoms with Gasteiger partial charge in [-0.15, -0.1) is 0 Å². The Morgan fingerprint density at radius 3 is 2.41 bits per heavy atom. The van der Waals surface area contributed by atoms with Crippen LogP contribution in [0.25, 0.3) is 0 Å². The number of halogens is 1. The number of sulfone groups is 1. The molecule has 1 atom stereocenters. The molecule has 0 radical (unpaired) electrons. The fraction of sp³-hybridized carbons (Fsp3) is 0.571. The van der Waals surface area contributed by atoms with Crippen LogP contribution in [-0.4, -0.2) is 44.7 Å². The van der Waals surface area contributed by atoms with Crippen molar-refractivity contribution in [2.45, 2.75) is 43.2 Å². The first-order chi connectivity index (χ1) is 10.2. The Hall–Kier alpha value is -0.990. The molecular weight excluding hydrogens is 329 g/mol. The van der Waals surface area contributed by atoms with Gasteiger partial charge in [-0.1, -0.05) is 6.07 Å². The first-order valence-electron chi connectivity index (χ1n) is 7.21. The van der Waals surface area contributed by atoms with Crippen LogP contribution in [-0.2, 0) is 19.9 Å². The highest BCUT2D eigenvalue weighted by Crippen LogP contribution is 2.37. The Morgan fingerprint density at radius 2 is 1.86 bits per heavy atom. The molecule has 2 fully saturated rings. The van der Waals surface area contributed by atoms with E-state index in [2.05, 4.69) is 0 Å². The number of aryl methyl sites for hydroxylation is 1. The third-order valence-electron chi connectivity index (χ3n) is 4.12. The van der Waals surface area contributed by atoms with E-state index in [0.717, 1.165) is 6.07 Å². The minimum Gasteiger partial charge on any atom is -0.229 e. The average molecular weight is 347 g/mol. The van der Waals surface area contributed by atoms with Gasteiger partial charge in [0.2, 0.25) is 10.0 Å². The molecule has 1 aliphatic carbocycles. The summed E-state index contributed by atoms with van der Waals surface area (Å²) in [5.41, 5.74) is 0.648. The molecule has 3 rings (SSSR count). The molecule has 0 bridgehead atoms. The third-order valence-corrected chi connectivity index (χ3v) is 7.89. The van der Waals surface area contributed by atoms with Crippen LogP contribution in [0, 0.1) is 12.7 Å².